The van der Waals surface area contributed by atoms with Gasteiger partial charge in [0.2, 0.25) is 0 Å². The minimum atomic E-state index is -3.97. The Morgan fingerprint density at radius 2 is 1.76 bits per heavy atom. The number of nitrogens with one attached hydrogen (secondary N) is 1. The van der Waals surface area contributed by atoms with Crippen LogP contribution in [0.2, 0.25) is 0 Å². The molecule has 0 fully saturated rings. The molecule has 1 N–H and O–H groups in total. The number of hydrogen-bond donors (Lipinski definition) is 1. The van der Waals surface area contributed by atoms with Crippen molar-refractivity contribution >= 4 is 27.3 Å². The molecule has 3 aromatic carbocycles. The summed E-state index contributed by atoms with van der Waals surface area (Å²) in [6.07, 6.45) is -1.07. The molecule has 0 aliphatic carbocycles. The zero-order valence-electron chi connectivity index (χ0n) is 18.4. The molecule has 1 aliphatic heterocycles. The van der Waals surface area contributed by atoms with Gasteiger partial charge in [0.25, 0.3) is 15.9 Å². The van der Waals surface area contributed by atoms with Crippen LogP contribution in [0.15, 0.2) is 71.6 Å². The molecule has 0 aromatic heterocycles. The summed E-state index contributed by atoms with van der Waals surface area (Å²) in [6, 6.07) is 18.3. The van der Waals surface area contributed by atoms with E-state index in [-0.39, 0.29) is 11.4 Å². The molecular formula is C24H24N2O6S. The first-order valence-corrected chi connectivity index (χ1v) is 11.7. The van der Waals surface area contributed by atoms with Crippen molar-refractivity contribution in [3.8, 4) is 17.2 Å². The lowest BCUT2D eigenvalue weighted by Gasteiger charge is -2.35. The van der Waals surface area contributed by atoms with E-state index in [2.05, 4.69) is 5.32 Å². The average Bonchev–Trinajstić information content (AvgIpc) is 2.83. The molecule has 0 spiro atoms. The third-order valence-corrected chi connectivity index (χ3v) is 7.08. The fourth-order valence-corrected chi connectivity index (χ4v) is 5.04. The van der Waals surface area contributed by atoms with Gasteiger partial charge in [-0.1, -0.05) is 18.2 Å². The predicted octanol–water partition coefficient (Wildman–Crippen LogP) is 3.61. The number of ether oxygens (including phenoxy) is 3. The Hall–Kier alpha value is -3.72. The summed E-state index contributed by atoms with van der Waals surface area (Å²) in [6.45, 7) is 1.68. The molecule has 0 saturated heterocycles. The molecule has 9 heteroatoms. The van der Waals surface area contributed by atoms with Gasteiger partial charge in [0.15, 0.2) is 6.10 Å². The Bertz CT molecular complexity index is 1270. The second kappa shape index (κ2) is 9.03. The summed E-state index contributed by atoms with van der Waals surface area (Å²) in [5, 5.41) is 2.78. The molecular weight excluding hydrogens is 444 g/mol. The number of fused-ring (bicyclic) bond motifs is 1. The Morgan fingerprint density at radius 1 is 1.03 bits per heavy atom. The van der Waals surface area contributed by atoms with Crippen LogP contribution in [0, 0.1) is 6.92 Å². The van der Waals surface area contributed by atoms with E-state index in [1.165, 1.54) is 30.7 Å². The standard InChI is InChI=1S/C24H24N2O6S/c1-16-8-13-20-22(14-16)32-23(24(27)25-19-6-4-5-7-21(19)31-3)15-26(20)33(28,29)18-11-9-17(30-2)10-12-18/h4-14,23H,15H2,1-3H3,(H,25,27). The lowest BCUT2D eigenvalue weighted by molar-refractivity contribution is -0.122. The van der Waals surface area contributed by atoms with Crippen LogP contribution in [0.5, 0.6) is 17.2 Å². The van der Waals surface area contributed by atoms with E-state index in [0.29, 0.717) is 28.6 Å². The summed E-state index contributed by atoms with van der Waals surface area (Å²) >= 11 is 0. The number of amides is 1. The number of sulfonamides is 1. The highest BCUT2D eigenvalue weighted by atomic mass is 32.2. The Balaban J connectivity index is 1.69. The zero-order valence-corrected chi connectivity index (χ0v) is 19.3. The lowest BCUT2D eigenvalue weighted by Crippen LogP contribution is -2.48. The van der Waals surface area contributed by atoms with E-state index in [1.54, 1.807) is 54.6 Å². The van der Waals surface area contributed by atoms with Gasteiger partial charge < -0.3 is 19.5 Å². The minimum absolute atomic E-state index is 0.0839. The van der Waals surface area contributed by atoms with Crippen molar-refractivity contribution in [2.45, 2.75) is 17.9 Å². The van der Waals surface area contributed by atoms with Gasteiger partial charge in [-0.05, 0) is 61.0 Å². The summed E-state index contributed by atoms with van der Waals surface area (Å²) in [4.78, 5) is 13.2. The number of methoxy groups -OCH3 is 2. The summed E-state index contributed by atoms with van der Waals surface area (Å²) in [5.74, 6) is 0.863. The van der Waals surface area contributed by atoms with Crippen LogP contribution in [0.3, 0.4) is 0 Å². The first kappa shape index (κ1) is 22.5. The van der Waals surface area contributed by atoms with E-state index in [0.717, 1.165) is 5.56 Å². The average molecular weight is 469 g/mol. The summed E-state index contributed by atoms with van der Waals surface area (Å²) < 4.78 is 44.6. The van der Waals surface area contributed by atoms with Crippen molar-refractivity contribution in [3.63, 3.8) is 0 Å². The topological polar surface area (TPSA) is 94.2 Å². The number of para-hydroxylation sites is 2. The van der Waals surface area contributed by atoms with Gasteiger partial charge in [-0.3, -0.25) is 9.10 Å². The molecule has 3 aromatic rings. The van der Waals surface area contributed by atoms with Crippen molar-refractivity contribution in [1.29, 1.82) is 0 Å². The largest absolute Gasteiger partial charge is 0.497 e. The quantitative estimate of drug-likeness (QED) is 0.594. The number of anilines is 2. The van der Waals surface area contributed by atoms with Gasteiger partial charge in [-0.2, -0.15) is 0 Å². The van der Waals surface area contributed by atoms with Gasteiger partial charge in [-0.15, -0.1) is 0 Å². The Kier molecular flexibility index (Phi) is 6.15. The normalized spacial score (nSPS) is 15.2. The zero-order chi connectivity index (χ0) is 23.6. The summed E-state index contributed by atoms with van der Waals surface area (Å²) in [5.41, 5.74) is 1.72. The number of hydrogen-bond acceptors (Lipinski definition) is 6. The molecule has 1 amide bonds. The highest BCUT2D eigenvalue weighted by Crippen LogP contribution is 2.38. The number of benzene rings is 3. The molecule has 1 heterocycles. The van der Waals surface area contributed by atoms with E-state index in [4.69, 9.17) is 14.2 Å². The van der Waals surface area contributed by atoms with Crippen molar-refractivity contribution in [2.75, 3.05) is 30.4 Å². The Morgan fingerprint density at radius 3 is 2.45 bits per heavy atom. The third kappa shape index (κ3) is 4.45. The van der Waals surface area contributed by atoms with Crippen LogP contribution in [-0.2, 0) is 14.8 Å². The van der Waals surface area contributed by atoms with Crippen LogP contribution in [0.4, 0.5) is 11.4 Å². The minimum Gasteiger partial charge on any atom is -0.497 e. The fraction of sp³-hybridized carbons (Fsp3) is 0.208. The predicted molar refractivity (Wildman–Crippen MR) is 125 cm³/mol. The van der Waals surface area contributed by atoms with E-state index in [9.17, 15) is 13.2 Å². The van der Waals surface area contributed by atoms with E-state index in [1.807, 2.05) is 6.92 Å². The number of rotatable bonds is 6. The van der Waals surface area contributed by atoms with Gasteiger partial charge in [-0.25, -0.2) is 8.42 Å². The second-order valence-corrected chi connectivity index (χ2v) is 9.34. The van der Waals surface area contributed by atoms with Crippen LogP contribution in [0.1, 0.15) is 5.56 Å². The van der Waals surface area contributed by atoms with Crippen molar-refractivity contribution < 1.29 is 27.4 Å². The van der Waals surface area contributed by atoms with Crippen molar-refractivity contribution in [1.82, 2.24) is 0 Å². The van der Waals surface area contributed by atoms with E-state index < -0.39 is 22.0 Å². The molecule has 1 aliphatic rings. The third-order valence-electron chi connectivity index (χ3n) is 5.29. The van der Waals surface area contributed by atoms with E-state index >= 15 is 0 Å². The molecule has 172 valence electrons. The molecule has 0 bridgehead atoms. The van der Waals surface area contributed by atoms with Crippen LogP contribution >= 0.6 is 0 Å². The molecule has 8 nitrogen and oxygen atoms in total. The molecule has 0 radical (unpaired) electrons. The maximum atomic E-state index is 13.5. The first-order valence-electron chi connectivity index (χ1n) is 10.2. The van der Waals surface area contributed by atoms with Gasteiger partial charge in [0.1, 0.15) is 17.2 Å². The number of carbonyl (C=O) groups is 1. The lowest BCUT2D eigenvalue weighted by atomic mass is 10.1. The fourth-order valence-electron chi connectivity index (χ4n) is 3.56. The molecule has 0 saturated carbocycles. The van der Waals surface area contributed by atoms with Crippen LogP contribution in [0.25, 0.3) is 0 Å². The maximum Gasteiger partial charge on any atom is 0.267 e. The van der Waals surface area contributed by atoms with Gasteiger partial charge >= 0.3 is 0 Å². The van der Waals surface area contributed by atoms with Gasteiger partial charge in [0, 0.05) is 0 Å². The van der Waals surface area contributed by atoms with Crippen LogP contribution in [-0.4, -0.2) is 41.2 Å². The SMILES string of the molecule is COc1ccc(S(=O)(=O)N2CC(C(=O)Nc3ccccc3OC)Oc3cc(C)ccc32)cc1. The first-order chi connectivity index (χ1) is 15.8. The highest BCUT2D eigenvalue weighted by Gasteiger charge is 2.38. The second-order valence-electron chi connectivity index (χ2n) is 7.48. The van der Waals surface area contributed by atoms with Crippen molar-refractivity contribution in [2.24, 2.45) is 0 Å². The molecule has 1 atom stereocenters. The molecule has 4 rings (SSSR count). The number of carbonyl (C=O) groups excluding carboxylic acids is 1. The smallest absolute Gasteiger partial charge is 0.267 e. The molecule has 33 heavy (non-hydrogen) atoms. The molecule has 1 unspecified atom stereocenters. The maximum absolute atomic E-state index is 13.5. The summed E-state index contributed by atoms with van der Waals surface area (Å²) in [7, 11) is -0.959. The highest BCUT2D eigenvalue weighted by molar-refractivity contribution is 7.92. The van der Waals surface area contributed by atoms with Gasteiger partial charge in [0.05, 0.1) is 37.0 Å². The number of aryl methyl sites for hydroxylation is 1. The number of nitrogens with zero attached hydrogens (tertiary/aromatic N) is 1. The van der Waals surface area contributed by atoms with Crippen LogP contribution < -0.4 is 23.8 Å². The monoisotopic (exact) mass is 468 g/mol. The Labute approximate surface area is 192 Å². The van der Waals surface area contributed by atoms with Crippen molar-refractivity contribution in [3.05, 3.63) is 72.3 Å².